The highest BCUT2D eigenvalue weighted by molar-refractivity contribution is 6.28. The van der Waals surface area contributed by atoms with Gasteiger partial charge in [0.05, 0.1) is 17.4 Å². The summed E-state index contributed by atoms with van der Waals surface area (Å²) >= 11 is 6.02. The molecule has 22 heavy (non-hydrogen) atoms. The standard InChI is InChI=1S/C17H20ClN3O/c1-12(2)22-16-14-11-21(10-13-6-4-3-5-7-13)9-8-15(14)19-17(18)20-16/h3-7,12H,8-11H2,1-2H3. The van der Waals surface area contributed by atoms with Gasteiger partial charge in [0.25, 0.3) is 0 Å². The lowest BCUT2D eigenvalue weighted by Gasteiger charge is -2.29. The molecular weight excluding hydrogens is 298 g/mol. The van der Waals surface area contributed by atoms with Crippen LogP contribution in [0.1, 0.15) is 30.7 Å². The maximum atomic E-state index is 6.02. The fraction of sp³-hybridized carbons (Fsp3) is 0.412. The second kappa shape index (κ2) is 6.63. The largest absolute Gasteiger partial charge is 0.475 e. The van der Waals surface area contributed by atoms with Crippen molar-refractivity contribution in [3.05, 3.63) is 52.4 Å². The number of fused-ring (bicyclic) bond motifs is 1. The van der Waals surface area contributed by atoms with E-state index in [2.05, 4.69) is 39.1 Å². The van der Waals surface area contributed by atoms with Gasteiger partial charge in [0.1, 0.15) is 0 Å². The summed E-state index contributed by atoms with van der Waals surface area (Å²) in [5.41, 5.74) is 3.40. The van der Waals surface area contributed by atoms with Gasteiger partial charge in [-0.1, -0.05) is 30.3 Å². The lowest BCUT2D eigenvalue weighted by molar-refractivity contribution is 0.206. The molecule has 0 N–H and O–H groups in total. The van der Waals surface area contributed by atoms with Gasteiger partial charge in [0, 0.05) is 26.1 Å². The predicted octanol–water partition coefficient (Wildman–Crippen LogP) is 3.48. The molecule has 0 saturated heterocycles. The van der Waals surface area contributed by atoms with Crippen LogP contribution in [0.15, 0.2) is 30.3 Å². The Balaban J connectivity index is 1.82. The minimum absolute atomic E-state index is 0.0690. The van der Waals surface area contributed by atoms with E-state index in [1.54, 1.807) is 0 Å². The SMILES string of the molecule is CC(C)Oc1nc(Cl)nc2c1CN(Cc1ccccc1)CC2. The molecule has 0 saturated carbocycles. The van der Waals surface area contributed by atoms with E-state index in [0.717, 1.165) is 37.3 Å². The molecular formula is C17H20ClN3O. The van der Waals surface area contributed by atoms with Gasteiger partial charge in [-0.05, 0) is 31.0 Å². The highest BCUT2D eigenvalue weighted by Crippen LogP contribution is 2.28. The Bertz CT molecular complexity index is 646. The summed E-state index contributed by atoms with van der Waals surface area (Å²) in [4.78, 5) is 11.0. The molecule has 4 nitrogen and oxygen atoms in total. The van der Waals surface area contributed by atoms with Crippen LogP contribution in [-0.4, -0.2) is 27.5 Å². The number of halogens is 1. The van der Waals surface area contributed by atoms with Crippen molar-refractivity contribution in [2.75, 3.05) is 6.54 Å². The third-order valence-electron chi connectivity index (χ3n) is 3.67. The Morgan fingerprint density at radius 2 is 2.00 bits per heavy atom. The maximum Gasteiger partial charge on any atom is 0.225 e. The van der Waals surface area contributed by atoms with Crippen molar-refractivity contribution >= 4 is 11.6 Å². The van der Waals surface area contributed by atoms with Gasteiger partial charge in [-0.25, -0.2) is 4.98 Å². The van der Waals surface area contributed by atoms with Crippen LogP contribution in [0.2, 0.25) is 5.28 Å². The molecule has 1 aromatic heterocycles. The molecule has 0 fully saturated rings. The fourth-order valence-electron chi connectivity index (χ4n) is 2.71. The van der Waals surface area contributed by atoms with Crippen molar-refractivity contribution in [3.63, 3.8) is 0 Å². The van der Waals surface area contributed by atoms with Crippen LogP contribution >= 0.6 is 11.6 Å². The summed E-state index contributed by atoms with van der Waals surface area (Å²) in [5.74, 6) is 0.628. The molecule has 2 heterocycles. The zero-order valence-electron chi connectivity index (χ0n) is 12.9. The molecule has 0 spiro atoms. The van der Waals surface area contributed by atoms with E-state index < -0.39 is 0 Å². The van der Waals surface area contributed by atoms with Crippen molar-refractivity contribution in [1.29, 1.82) is 0 Å². The van der Waals surface area contributed by atoms with E-state index in [1.807, 2.05) is 19.9 Å². The molecule has 3 rings (SSSR count). The molecule has 1 aliphatic rings. The molecule has 0 unspecified atom stereocenters. The van der Waals surface area contributed by atoms with E-state index in [1.165, 1.54) is 5.56 Å². The first kappa shape index (κ1) is 15.3. The summed E-state index contributed by atoms with van der Waals surface area (Å²) < 4.78 is 5.83. The molecule has 5 heteroatoms. The number of aromatic nitrogens is 2. The van der Waals surface area contributed by atoms with Gasteiger partial charge >= 0.3 is 0 Å². The van der Waals surface area contributed by atoms with Crippen LogP contribution in [-0.2, 0) is 19.5 Å². The van der Waals surface area contributed by atoms with Crippen molar-refractivity contribution < 1.29 is 4.74 Å². The summed E-state index contributed by atoms with van der Waals surface area (Å²) in [7, 11) is 0. The van der Waals surface area contributed by atoms with Crippen LogP contribution in [0, 0.1) is 0 Å². The zero-order valence-corrected chi connectivity index (χ0v) is 13.7. The van der Waals surface area contributed by atoms with Crippen molar-refractivity contribution in [2.24, 2.45) is 0 Å². The molecule has 0 radical (unpaired) electrons. The summed E-state index contributed by atoms with van der Waals surface area (Å²) in [6.45, 7) is 6.67. The Morgan fingerprint density at radius 3 is 2.73 bits per heavy atom. The van der Waals surface area contributed by atoms with Crippen LogP contribution in [0.4, 0.5) is 0 Å². The van der Waals surface area contributed by atoms with E-state index in [4.69, 9.17) is 16.3 Å². The summed E-state index contributed by atoms with van der Waals surface area (Å²) in [6, 6.07) is 10.5. The highest BCUT2D eigenvalue weighted by atomic mass is 35.5. The normalized spacial score (nSPS) is 14.9. The lowest BCUT2D eigenvalue weighted by atomic mass is 10.1. The van der Waals surface area contributed by atoms with Crippen LogP contribution in [0.3, 0.4) is 0 Å². The first-order valence-electron chi connectivity index (χ1n) is 7.60. The number of ether oxygens (including phenoxy) is 1. The van der Waals surface area contributed by atoms with Crippen molar-refractivity contribution in [1.82, 2.24) is 14.9 Å². The lowest BCUT2D eigenvalue weighted by Crippen LogP contribution is -2.31. The topological polar surface area (TPSA) is 38.3 Å². The van der Waals surface area contributed by atoms with Crippen molar-refractivity contribution in [3.8, 4) is 5.88 Å². The van der Waals surface area contributed by atoms with Crippen LogP contribution in [0.25, 0.3) is 0 Å². The molecule has 1 aromatic carbocycles. The maximum absolute atomic E-state index is 6.02. The molecule has 0 amide bonds. The minimum Gasteiger partial charge on any atom is -0.475 e. The molecule has 0 aliphatic carbocycles. The van der Waals surface area contributed by atoms with E-state index >= 15 is 0 Å². The number of rotatable bonds is 4. The summed E-state index contributed by atoms with van der Waals surface area (Å²) in [6.07, 6.45) is 0.943. The Kier molecular flexibility index (Phi) is 4.60. The number of benzene rings is 1. The molecule has 1 aliphatic heterocycles. The number of hydrogen-bond donors (Lipinski definition) is 0. The van der Waals surface area contributed by atoms with E-state index in [9.17, 15) is 0 Å². The molecule has 2 aromatic rings. The Morgan fingerprint density at radius 1 is 1.23 bits per heavy atom. The fourth-order valence-corrected chi connectivity index (χ4v) is 2.89. The smallest absolute Gasteiger partial charge is 0.225 e. The van der Waals surface area contributed by atoms with Crippen molar-refractivity contribution in [2.45, 2.75) is 39.5 Å². The van der Waals surface area contributed by atoms with E-state index in [-0.39, 0.29) is 11.4 Å². The quantitative estimate of drug-likeness (QED) is 0.809. The first-order chi connectivity index (χ1) is 10.6. The van der Waals surface area contributed by atoms with Crippen LogP contribution < -0.4 is 4.74 Å². The monoisotopic (exact) mass is 317 g/mol. The number of hydrogen-bond acceptors (Lipinski definition) is 4. The Hall–Kier alpha value is -1.65. The third kappa shape index (κ3) is 3.57. The number of nitrogens with zero attached hydrogens (tertiary/aromatic N) is 3. The van der Waals surface area contributed by atoms with Gasteiger partial charge in [-0.15, -0.1) is 0 Å². The van der Waals surface area contributed by atoms with E-state index in [0.29, 0.717) is 5.88 Å². The van der Waals surface area contributed by atoms with Gasteiger partial charge in [-0.2, -0.15) is 4.98 Å². The second-order valence-electron chi connectivity index (χ2n) is 5.84. The average molecular weight is 318 g/mol. The van der Waals surface area contributed by atoms with Gasteiger partial charge < -0.3 is 4.74 Å². The second-order valence-corrected chi connectivity index (χ2v) is 6.17. The Labute approximate surface area is 136 Å². The molecule has 0 atom stereocenters. The average Bonchev–Trinajstić information content (AvgIpc) is 2.48. The van der Waals surface area contributed by atoms with Gasteiger partial charge in [0.2, 0.25) is 11.2 Å². The third-order valence-corrected chi connectivity index (χ3v) is 3.84. The minimum atomic E-state index is 0.0690. The molecule has 0 bridgehead atoms. The first-order valence-corrected chi connectivity index (χ1v) is 7.98. The molecule has 116 valence electrons. The summed E-state index contributed by atoms with van der Waals surface area (Å²) in [5, 5.41) is 0.269. The zero-order chi connectivity index (χ0) is 15.5. The van der Waals surface area contributed by atoms with Crippen LogP contribution in [0.5, 0.6) is 5.88 Å². The highest BCUT2D eigenvalue weighted by Gasteiger charge is 2.23. The van der Waals surface area contributed by atoms with Gasteiger partial charge in [0.15, 0.2) is 0 Å². The predicted molar refractivity (Wildman–Crippen MR) is 87.1 cm³/mol. The van der Waals surface area contributed by atoms with Gasteiger partial charge in [-0.3, -0.25) is 4.90 Å².